The molecule has 0 saturated carbocycles. The average Bonchev–Trinajstić information content (AvgIpc) is 2.71. The van der Waals surface area contributed by atoms with Crippen molar-refractivity contribution in [2.45, 2.75) is 24.5 Å². The lowest BCUT2D eigenvalue weighted by Crippen LogP contribution is -2.62. The minimum Gasteiger partial charge on any atom is -0.617 e. The summed E-state index contributed by atoms with van der Waals surface area (Å²) < 4.78 is 8.51. The van der Waals surface area contributed by atoms with Crippen LogP contribution in [-0.4, -0.2) is 65.1 Å². The standard InChI is InChI=1S/C10H14N2O7/c1-18-8-7(15)5(4-13)19-9(8)12(17)3-2-6(14)11-10(12)16/h2-3,5,7-9,13,15H,4H2,1H3,(H,11,14,16)/t5-,7-,8-,9-,12?/m1/s1. The van der Waals surface area contributed by atoms with E-state index in [9.17, 15) is 19.9 Å². The van der Waals surface area contributed by atoms with Gasteiger partial charge in [0, 0.05) is 7.11 Å². The Hall–Kier alpha value is -1.36. The number of aliphatic hydroxyl groups excluding tert-OH is 2. The zero-order valence-corrected chi connectivity index (χ0v) is 10.1. The van der Waals surface area contributed by atoms with Crippen molar-refractivity contribution in [2.24, 2.45) is 0 Å². The van der Waals surface area contributed by atoms with Gasteiger partial charge in [0.05, 0.1) is 12.7 Å². The van der Waals surface area contributed by atoms with Crippen LogP contribution in [0.5, 0.6) is 0 Å². The number of rotatable bonds is 3. The fourth-order valence-corrected chi connectivity index (χ4v) is 2.11. The Morgan fingerprint density at radius 3 is 2.79 bits per heavy atom. The van der Waals surface area contributed by atoms with Crippen LogP contribution in [0.3, 0.4) is 0 Å². The van der Waals surface area contributed by atoms with Gasteiger partial charge in [-0.1, -0.05) is 0 Å². The predicted octanol–water partition coefficient (Wildman–Crippen LogP) is -1.84. The first kappa shape index (κ1) is 14.1. The Balaban J connectivity index is 2.32. The van der Waals surface area contributed by atoms with Gasteiger partial charge in [0.25, 0.3) is 5.91 Å². The summed E-state index contributed by atoms with van der Waals surface area (Å²) in [5.41, 5.74) is 0. The van der Waals surface area contributed by atoms with Crippen LogP contribution in [0.25, 0.3) is 0 Å². The number of methoxy groups -OCH3 is 1. The second-order valence-corrected chi connectivity index (χ2v) is 4.26. The van der Waals surface area contributed by atoms with E-state index in [2.05, 4.69) is 0 Å². The molecule has 2 aliphatic heterocycles. The Labute approximate surface area is 108 Å². The fraction of sp³-hybridized carbons (Fsp3) is 0.600. The number of nitrogens with one attached hydrogen (secondary N) is 1. The van der Waals surface area contributed by atoms with Crippen LogP contribution in [-0.2, 0) is 14.3 Å². The molecule has 9 nitrogen and oxygen atoms in total. The summed E-state index contributed by atoms with van der Waals surface area (Å²) in [6.45, 7) is -0.526. The number of hydrogen-bond acceptors (Lipinski definition) is 7. The molecule has 2 heterocycles. The highest BCUT2D eigenvalue weighted by Crippen LogP contribution is 2.32. The third-order valence-corrected chi connectivity index (χ3v) is 3.14. The first-order chi connectivity index (χ1) is 8.93. The average molecular weight is 274 g/mol. The number of quaternary nitrogens is 1. The second kappa shape index (κ2) is 4.96. The molecule has 9 heteroatoms. The highest BCUT2D eigenvalue weighted by molar-refractivity contribution is 6.00. The maximum Gasteiger partial charge on any atom is 0.430 e. The molecule has 0 bridgehead atoms. The van der Waals surface area contributed by atoms with E-state index in [1.807, 2.05) is 5.32 Å². The molecular formula is C10H14N2O7. The number of hydroxylamine groups is 3. The third-order valence-electron chi connectivity index (χ3n) is 3.14. The summed E-state index contributed by atoms with van der Waals surface area (Å²) in [4.78, 5) is 22.7. The number of carbonyl (C=O) groups is 2. The SMILES string of the molecule is CO[C@@H]1[C@H](O)[C@@H](CO)O[C@H]1[N+]1([O-])C=CC(=O)NC1=O. The van der Waals surface area contributed by atoms with E-state index in [1.54, 1.807) is 0 Å². The topological polar surface area (TPSA) is 128 Å². The van der Waals surface area contributed by atoms with E-state index in [4.69, 9.17) is 14.6 Å². The number of urea groups is 1. The molecule has 106 valence electrons. The molecule has 0 aliphatic carbocycles. The number of imide groups is 1. The first-order valence-corrected chi connectivity index (χ1v) is 5.55. The molecule has 0 spiro atoms. The van der Waals surface area contributed by atoms with E-state index in [0.29, 0.717) is 0 Å². The quantitative estimate of drug-likeness (QED) is 0.407. The maximum atomic E-state index is 12.5. The van der Waals surface area contributed by atoms with Gasteiger partial charge in [0.2, 0.25) is 6.23 Å². The molecule has 3 amide bonds. The number of carbonyl (C=O) groups excluding carboxylic acids is 2. The van der Waals surface area contributed by atoms with Gasteiger partial charge in [0.1, 0.15) is 18.4 Å². The van der Waals surface area contributed by atoms with Crippen molar-refractivity contribution >= 4 is 11.9 Å². The van der Waals surface area contributed by atoms with Gasteiger partial charge in [-0.25, -0.2) is 14.8 Å². The highest BCUT2D eigenvalue weighted by Gasteiger charge is 2.54. The summed E-state index contributed by atoms with van der Waals surface area (Å²) in [5, 5.41) is 33.2. The van der Waals surface area contributed by atoms with Crippen LogP contribution in [0.2, 0.25) is 0 Å². The summed E-state index contributed by atoms with van der Waals surface area (Å²) >= 11 is 0. The fourth-order valence-electron chi connectivity index (χ4n) is 2.11. The Kier molecular flexibility index (Phi) is 3.67. The van der Waals surface area contributed by atoms with Crippen molar-refractivity contribution in [3.05, 3.63) is 17.5 Å². The highest BCUT2D eigenvalue weighted by atomic mass is 16.7. The van der Waals surface area contributed by atoms with E-state index in [0.717, 1.165) is 12.3 Å². The van der Waals surface area contributed by atoms with E-state index >= 15 is 0 Å². The molecule has 0 radical (unpaired) electrons. The minimum absolute atomic E-state index is 0.526. The number of nitrogens with zero attached hydrogens (tertiary/aromatic N) is 1. The predicted molar refractivity (Wildman–Crippen MR) is 58.9 cm³/mol. The van der Waals surface area contributed by atoms with Gasteiger partial charge in [0.15, 0.2) is 6.10 Å². The number of ether oxygens (including phenoxy) is 2. The molecule has 0 aromatic carbocycles. The van der Waals surface area contributed by atoms with Gasteiger partial charge in [-0.2, -0.15) is 0 Å². The van der Waals surface area contributed by atoms with Gasteiger partial charge in [-0.3, -0.25) is 4.79 Å². The lowest BCUT2D eigenvalue weighted by molar-refractivity contribution is -0.807. The molecule has 2 rings (SSSR count). The van der Waals surface area contributed by atoms with Crippen LogP contribution in [0.15, 0.2) is 12.3 Å². The van der Waals surface area contributed by atoms with Gasteiger partial charge < -0.3 is 24.9 Å². The normalized spacial score (nSPS) is 42.5. The molecule has 0 aromatic rings. The summed E-state index contributed by atoms with van der Waals surface area (Å²) in [7, 11) is 1.24. The maximum absolute atomic E-state index is 12.5. The van der Waals surface area contributed by atoms with Crippen molar-refractivity contribution in [1.29, 1.82) is 0 Å². The zero-order chi connectivity index (χ0) is 14.2. The van der Waals surface area contributed by atoms with Crippen molar-refractivity contribution < 1.29 is 33.9 Å². The van der Waals surface area contributed by atoms with Crippen LogP contribution < -0.4 is 5.32 Å². The minimum atomic E-state index is -1.64. The van der Waals surface area contributed by atoms with Crippen LogP contribution in [0.4, 0.5) is 4.79 Å². The zero-order valence-electron chi connectivity index (χ0n) is 10.1. The van der Waals surface area contributed by atoms with E-state index in [-0.39, 0.29) is 0 Å². The van der Waals surface area contributed by atoms with Crippen molar-refractivity contribution in [3.8, 4) is 0 Å². The van der Waals surface area contributed by atoms with Crippen LogP contribution >= 0.6 is 0 Å². The third kappa shape index (κ3) is 2.16. The molecule has 1 fully saturated rings. The van der Waals surface area contributed by atoms with Gasteiger partial charge >= 0.3 is 6.03 Å². The summed E-state index contributed by atoms with van der Waals surface area (Å²) in [6.07, 6.45) is -3.05. The monoisotopic (exact) mass is 274 g/mol. The van der Waals surface area contributed by atoms with Crippen molar-refractivity contribution in [3.63, 3.8) is 0 Å². The molecule has 5 atom stereocenters. The summed E-state index contributed by atoms with van der Waals surface area (Å²) in [5.74, 6) is -0.708. The number of hydrogen-bond donors (Lipinski definition) is 3. The Morgan fingerprint density at radius 2 is 2.26 bits per heavy atom. The van der Waals surface area contributed by atoms with Crippen LogP contribution in [0, 0.1) is 5.21 Å². The van der Waals surface area contributed by atoms with Gasteiger partial charge in [-0.15, -0.1) is 0 Å². The lowest BCUT2D eigenvalue weighted by atomic mass is 10.1. The molecule has 0 aromatic heterocycles. The van der Waals surface area contributed by atoms with Gasteiger partial charge in [-0.05, 0) is 0 Å². The Bertz CT molecular complexity index is 426. The molecule has 2 aliphatic rings. The number of aliphatic hydroxyl groups is 2. The molecule has 3 N–H and O–H groups in total. The van der Waals surface area contributed by atoms with Crippen molar-refractivity contribution in [2.75, 3.05) is 13.7 Å². The molecule has 19 heavy (non-hydrogen) atoms. The van der Waals surface area contributed by atoms with Crippen LogP contribution in [0.1, 0.15) is 0 Å². The smallest absolute Gasteiger partial charge is 0.430 e. The second-order valence-electron chi connectivity index (χ2n) is 4.26. The largest absolute Gasteiger partial charge is 0.617 e. The molecule has 1 saturated heterocycles. The van der Waals surface area contributed by atoms with Crippen molar-refractivity contribution in [1.82, 2.24) is 5.32 Å². The summed E-state index contributed by atoms with van der Waals surface area (Å²) in [6, 6.07) is -1.13. The first-order valence-electron chi connectivity index (χ1n) is 5.55. The molecule has 1 unspecified atom stereocenters. The number of amides is 3. The Morgan fingerprint density at radius 1 is 1.58 bits per heavy atom. The van der Waals surface area contributed by atoms with E-state index < -0.39 is 47.7 Å². The van der Waals surface area contributed by atoms with E-state index in [1.165, 1.54) is 7.11 Å². The molecular weight excluding hydrogens is 260 g/mol. The lowest BCUT2D eigenvalue weighted by Gasteiger charge is -2.42.